The van der Waals surface area contributed by atoms with E-state index in [0.717, 1.165) is 50.3 Å². The molecule has 2 heterocycles. The number of amides is 1. The van der Waals surface area contributed by atoms with Gasteiger partial charge in [-0.1, -0.05) is 83.9 Å². The Hall–Kier alpha value is -2.88. The Kier molecular flexibility index (Phi) is 6.58. The fourth-order valence-corrected chi connectivity index (χ4v) is 5.50. The third-order valence-electron chi connectivity index (χ3n) is 7.33. The zero-order chi connectivity index (χ0) is 23.5. The van der Waals surface area contributed by atoms with Gasteiger partial charge in [0.25, 0.3) is 0 Å². The molecule has 0 bridgehead atoms. The zero-order valence-electron chi connectivity index (χ0n) is 19.7. The van der Waals surface area contributed by atoms with Gasteiger partial charge in [-0.05, 0) is 67.7 Å². The Labute approximate surface area is 207 Å². The van der Waals surface area contributed by atoms with E-state index in [1.165, 1.54) is 16.7 Å². The topological polar surface area (TPSA) is 23.6 Å². The van der Waals surface area contributed by atoms with E-state index in [1.807, 2.05) is 35.2 Å². The van der Waals surface area contributed by atoms with Crippen LogP contribution in [0.25, 0.3) is 6.08 Å². The summed E-state index contributed by atoms with van der Waals surface area (Å²) < 4.78 is 0. The summed E-state index contributed by atoms with van der Waals surface area (Å²) >= 11 is 6.03. The van der Waals surface area contributed by atoms with Crippen LogP contribution in [0.2, 0.25) is 5.02 Å². The highest BCUT2D eigenvalue weighted by Gasteiger charge is 2.46. The summed E-state index contributed by atoms with van der Waals surface area (Å²) in [5.41, 5.74) is 6.02. The molecule has 1 amide bonds. The minimum atomic E-state index is 0.0522. The molecule has 34 heavy (non-hydrogen) atoms. The van der Waals surface area contributed by atoms with Gasteiger partial charge in [0.05, 0.1) is 6.42 Å². The largest absolute Gasteiger partial charge is 0.311 e. The number of halogens is 1. The molecule has 0 aliphatic carbocycles. The molecule has 1 spiro atoms. The lowest BCUT2D eigenvalue weighted by atomic mass is 9.74. The van der Waals surface area contributed by atoms with Gasteiger partial charge >= 0.3 is 0 Å². The van der Waals surface area contributed by atoms with E-state index in [9.17, 15) is 4.79 Å². The maximum atomic E-state index is 13.4. The second-order valence-electron chi connectivity index (χ2n) is 9.70. The summed E-state index contributed by atoms with van der Waals surface area (Å²) in [6.07, 6.45) is 7.02. The second-order valence-corrected chi connectivity index (χ2v) is 10.1. The Bertz CT molecular complexity index is 1180. The van der Waals surface area contributed by atoms with Gasteiger partial charge in [0, 0.05) is 29.2 Å². The monoisotopic (exact) mass is 470 g/mol. The number of rotatable bonds is 5. The van der Waals surface area contributed by atoms with Crippen LogP contribution in [0.5, 0.6) is 0 Å². The van der Waals surface area contributed by atoms with Crippen molar-refractivity contribution in [2.45, 2.75) is 31.6 Å². The van der Waals surface area contributed by atoms with Crippen molar-refractivity contribution in [3.8, 4) is 0 Å². The Morgan fingerprint density at radius 1 is 1.00 bits per heavy atom. The first-order valence-electron chi connectivity index (χ1n) is 12.1. The van der Waals surface area contributed by atoms with E-state index in [-0.39, 0.29) is 11.3 Å². The van der Waals surface area contributed by atoms with Crippen molar-refractivity contribution in [3.63, 3.8) is 0 Å². The normalized spacial score (nSPS) is 17.4. The van der Waals surface area contributed by atoms with Crippen molar-refractivity contribution in [3.05, 3.63) is 106 Å². The van der Waals surface area contributed by atoms with Gasteiger partial charge < -0.3 is 4.90 Å². The van der Waals surface area contributed by atoms with E-state index < -0.39 is 0 Å². The van der Waals surface area contributed by atoms with Crippen LogP contribution in [0.4, 0.5) is 5.69 Å². The van der Waals surface area contributed by atoms with E-state index in [1.54, 1.807) is 0 Å². The molecule has 0 atom stereocenters. The van der Waals surface area contributed by atoms with Gasteiger partial charge in [-0.3, -0.25) is 9.69 Å². The third kappa shape index (κ3) is 4.82. The molecule has 4 heteroatoms. The average Bonchev–Trinajstić information content (AvgIpc) is 3.16. The molecule has 1 saturated heterocycles. The highest BCUT2D eigenvalue weighted by molar-refractivity contribution is 6.30. The number of hydrogen-bond acceptors (Lipinski definition) is 2. The summed E-state index contributed by atoms with van der Waals surface area (Å²) in [6.45, 7) is 5.99. The van der Waals surface area contributed by atoms with Gasteiger partial charge in [0.2, 0.25) is 5.91 Å². The van der Waals surface area contributed by atoms with Crippen LogP contribution in [-0.2, 0) is 16.6 Å². The molecular formula is C30H31ClN2O. The van der Waals surface area contributed by atoms with Crippen molar-refractivity contribution < 1.29 is 4.79 Å². The molecule has 2 aliphatic rings. The van der Waals surface area contributed by atoms with Crippen molar-refractivity contribution in [2.24, 2.45) is 0 Å². The predicted molar refractivity (Wildman–Crippen MR) is 142 cm³/mol. The standard InChI is InChI=1S/C30H31ClN2O/c1-23-9-14-28-27(20-23)30(22-33(28)29(34)21-25-10-12-26(31)13-11-25)15-18-32(19-16-30)17-5-8-24-6-3-2-4-7-24/h2-14,20H,15-19,21-22H2,1H3. The van der Waals surface area contributed by atoms with Crippen molar-refractivity contribution in [1.29, 1.82) is 0 Å². The smallest absolute Gasteiger partial charge is 0.231 e. The van der Waals surface area contributed by atoms with Gasteiger partial charge in [0.1, 0.15) is 0 Å². The SMILES string of the molecule is Cc1ccc2c(c1)C1(CCN(CC=Cc3ccccc3)CC1)CN2C(=O)Cc1ccc(Cl)cc1. The maximum absolute atomic E-state index is 13.4. The first-order chi connectivity index (χ1) is 16.5. The number of piperidine rings is 1. The minimum absolute atomic E-state index is 0.0522. The molecule has 3 nitrogen and oxygen atoms in total. The number of hydrogen-bond donors (Lipinski definition) is 0. The van der Waals surface area contributed by atoms with Gasteiger partial charge in [-0.25, -0.2) is 0 Å². The number of benzene rings is 3. The third-order valence-corrected chi connectivity index (χ3v) is 7.58. The van der Waals surface area contributed by atoms with Crippen LogP contribution in [0.1, 0.15) is 35.1 Å². The number of fused-ring (bicyclic) bond motifs is 2. The van der Waals surface area contributed by atoms with Crippen LogP contribution in [0.3, 0.4) is 0 Å². The molecule has 0 saturated carbocycles. The molecule has 0 aromatic heterocycles. The van der Waals surface area contributed by atoms with Crippen LogP contribution in [0, 0.1) is 6.92 Å². The molecule has 0 radical (unpaired) electrons. The highest BCUT2D eigenvalue weighted by Crippen LogP contribution is 2.47. The van der Waals surface area contributed by atoms with Gasteiger partial charge in [-0.15, -0.1) is 0 Å². The van der Waals surface area contributed by atoms with Gasteiger partial charge in [-0.2, -0.15) is 0 Å². The Balaban J connectivity index is 1.29. The summed E-state index contributed by atoms with van der Waals surface area (Å²) in [5, 5.41) is 0.697. The number of carbonyl (C=O) groups excluding carboxylic acids is 1. The molecule has 2 aliphatic heterocycles. The van der Waals surface area contributed by atoms with Crippen molar-refractivity contribution >= 4 is 29.3 Å². The quantitative estimate of drug-likeness (QED) is 0.437. The van der Waals surface area contributed by atoms with E-state index in [4.69, 9.17) is 11.6 Å². The summed E-state index contributed by atoms with van der Waals surface area (Å²) in [6, 6.07) is 24.7. The number of aryl methyl sites for hydroxylation is 1. The molecular weight excluding hydrogens is 440 g/mol. The molecule has 0 unspecified atom stereocenters. The van der Waals surface area contributed by atoms with E-state index in [0.29, 0.717) is 11.4 Å². The molecule has 3 aromatic carbocycles. The molecule has 5 rings (SSSR count). The minimum Gasteiger partial charge on any atom is -0.311 e. The molecule has 0 N–H and O–H groups in total. The first kappa shape index (κ1) is 22.9. The van der Waals surface area contributed by atoms with Gasteiger partial charge in [0.15, 0.2) is 0 Å². The van der Waals surface area contributed by atoms with E-state index >= 15 is 0 Å². The molecule has 1 fully saturated rings. The Morgan fingerprint density at radius 3 is 2.47 bits per heavy atom. The fraction of sp³-hybridized carbons (Fsp3) is 0.300. The first-order valence-corrected chi connectivity index (χ1v) is 12.5. The van der Waals surface area contributed by atoms with Crippen molar-refractivity contribution in [1.82, 2.24) is 4.90 Å². The highest BCUT2D eigenvalue weighted by atomic mass is 35.5. The van der Waals surface area contributed by atoms with Crippen LogP contribution < -0.4 is 4.90 Å². The summed E-state index contributed by atoms with van der Waals surface area (Å²) in [5.74, 6) is 0.164. The average molecular weight is 471 g/mol. The zero-order valence-corrected chi connectivity index (χ0v) is 20.5. The number of likely N-dealkylation sites (tertiary alicyclic amines) is 1. The Morgan fingerprint density at radius 2 is 1.74 bits per heavy atom. The number of anilines is 1. The number of carbonyl (C=O) groups is 1. The van der Waals surface area contributed by atoms with Crippen LogP contribution in [-0.4, -0.2) is 37.0 Å². The summed E-state index contributed by atoms with van der Waals surface area (Å²) in [7, 11) is 0. The lowest BCUT2D eigenvalue weighted by Crippen LogP contribution is -2.46. The summed E-state index contributed by atoms with van der Waals surface area (Å²) in [4.78, 5) is 17.9. The lowest BCUT2D eigenvalue weighted by Gasteiger charge is -2.39. The lowest BCUT2D eigenvalue weighted by molar-refractivity contribution is -0.118. The maximum Gasteiger partial charge on any atom is 0.231 e. The predicted octanol–water partition coefficient (Wildman–Crippen LogP) is 6.28. The number of nitrogens with zero attached hydrogens (tertiary/aromatic N) is 2. The van der Waals surface area contributed by atoms with Crippen molar-refractivity contribution in [2.75, 3.05) is 31.1 Å². The molecule has 174 valence electrons. The van der Waals surface area contributed by atoms with E-state index in [2.05, 4.69) is 66.4 Å². The fourth-order valence-electron chi connectivity index (χ4n) is 5.37. The van der Waals surface area contributed by atoms with Crippen LogP contribution in [0.15, 0.2) is 78.9 Å². The van der Waals surface area contributed by atoms with Crippen LogP contribution >= 0.6 is 11.6 Å². The second kappa shape index (κ2) is 9.77. The molecule has 3 aromatic rings.